The van der Waals surface area contributed by atoms with Crippen molar-refractivity contribution in [1.82, 2.24) is 0 Å². The Morgan fingerprint density at radius 1 is 0.475 bits per heavy atom. The van der Waals surface area contributed by atoms with Gasteiger partial charge < -0.3 is 10.6 Å². The minimum Gasteiger partial charge on any atom is -0.354 e. The fraction of sp³-hybridized carbons (Fsp3) is 0.278. The van der Waals surface area contributed by atoms with Gasteiger partial charge in [-0.25, -0.2) is 0 Å². The van der Waals surface area contributed by atoms with Crippen molar-refractivity contribution in [3.63, 3.8) is 0 Å². The topological polar surface area (TPSA) is 58.2 Å². The number of carbonyl (C=O) groups excluding carboxylic acids is 2. The van der Waals surface area contributed by atoms with Crippen LogP contribution in [-0.2, 0) is 0 Å². The first-order valence-electron chi connectivity index (χ1n) is 14.2. The van der Waals surface area contributed by atoms with Crippen molar-refractivity contribution in [2.45, 2.75) is 69.2 Å². The third-order valence-electron chi connectivity index (χ3n) is 6.95. The molecule has 0 atom stereocenters. The van der Waals surface area contributed by atoms with Gasteiger partial charge in [-0.3, -0.25) is 9.59 Å². The number of hydrogen-bond donors (Lipinski definition) is 2. The molecule has 1 aliphatic carbocycles. The number of fused-ring (bicyclic) bond motifs is 2. The molecule has 0 aliphatic heterocycles. The number of rotatable bonds is 4. The molecule has 208 valence electrons. The number of hydrogen-bond acceptors (Lipinski definition) is 4. The van der Waals surface area contributed by atoms with Gasteiger partial charge in [-0.1, -0.05) is 87.4 Å². The highest BCUT2D eigenvalue weighted by Crippen LogP contribution is 2.40. The van der Waals surface area contributed by atoms with Crippen molar-refractivity contribution in [3.8, 4) is 0 Å². The van der Waals surface area contributed by atoms with E-state index in [0.29, 0.717) is 33.6 Å². The number of benzene rings is 4. The normalized spacial score (nSPS) is 11.3. The first kappa shape index (κ1) is 30.4. The number of carbonyl (C=O) groups is 2. The van der Waals surface area contributed by atoms with Gasteiger partial charge in [0.1, 0.15) is 0 Å². The van der Waals surface area contributed by atoms with E-state index in [1.165, 1.54) is 11.1 Å². The fourth-order valence-electron chi connectivity index (χ4n) is 5.45. The molecule has 0 saturated heterocycles. The molecule has 0 amide bonds. The molecule has 0 bridgehead atoms. The van der Waals surface area contributed by atoms with E-state index in [1.807, 2.05) is 39.8 Å². The Labute approximate surface area is 239 Å². The second kappa shape index (κ2) is 12.8. The van der Waals surface area contributed by atoms with E-state index in [1.54, 1.807) is 24.3 Å². The Morgan fingerprint density at radius 2 is 0.775 bits per heavy atom. The molecule has 0 unspecified atom stereocenters. The fourth-order valence-corrected chi connectivity index (χ4v) is 5.45. The molecular formula is C36H42N2O2. The van der Waals surface area contributed by atoms with Crippen LogP contribution in [-0.4, -0.2) is 11.6 Å². The maximum absolute atomic E-state index is 13.9. The van der Waals surface area contributed by atoms with Gasteiger partial charge in [0.2, 0.25) is 0 Å². The highest BCUT2D eigenvalue weighted by atomic mass is 16.1. The van der Waals surface area contributed by atoms with Gasteiger partial charge in [-0.2, -0.15) is 0 Å². The van der Waals surface area contributed by atoms with Gasteiger partial charge in [0.05, 0.1) is 22.5 Å². The van der Waals surface area contributed by atoms with Crippen LogP contribution >= 0.6 is 0 Å². The summed E-state index contributed by atoms with van der Waals surface area (Å²) in [6.45, 7) is 20.3. The Hall–Kier alpha value is -4.18. The van der Waals surface area contributed by atoms with E-state index in [2.05, 4.69) is 76.4 Å². The average molecular weight is 535 g/mol. The summed E-state index contributed by atoms with van der Waals surface area (Å²) in [6, 6.07) is 19.3. The summed E-state index contributed by atoms with van der Waals surface area (Å²) < 4.78 is 0. The van der Waals surface area contributed by atoms with E-state index in [9.17, 15) is 9.59 Å². The molecule has 4 heteroatoms. The number of anilines is 4. The molecule has 0 spiro atoms. The zero-order valence-corrected chi connectivity index (χ0v) is 25.6. The van der Waals surface area contributed by atoms with Gasteiger partial charge in [0.25, 0.3) is 0 Å². The molecule has 40 heavy (non-hydrogen) atoms. The molecule has 4 aromatic carbocycles. The summed E-state index contributed by atoms with van der Waals surface area (Å²) in [5.41, 5.74) is 11.6. The lowest BCUT2D eigenvalue weighted by molar-refractivity contribution is 0.0980. The highest BCUT2D eigenvalue weighted by molar-refractivity contribution is 6.32. The van der Waals surface area contributed by atoms with Crippen LogP contribution < -0.4 is 10.6 Å². The third-order valence-corrected chi connectivity index (χ3v) is 6.95. The zero-order valence-electron chi connectivity index (χ0n) is 25.6. The predicted octanol–water partition coefficient (Wildman–Crippen LogP) is 9.85. The van der Waals surface area contributed by atoms with Crippen molar-refractivity contribution < 1.29 is 9.59 Å². The minimum atomic E-state index is -0.147. The quantitative estimate of drug-likeness (QED) is 0.241. The van der Waals surface area contributed by atoms with Gasteiger partial charge in [0.15, 0.2) is 11.6 Å². The lowest BCUT2D eigenvalue weighted by Gasteiger charge is -2.25. The standard InChI is InChI=1S/C32H30N2O2.2C2H6/c1-17-13-19(3)29(20(4)14-17)33-25-11-12-26(34-30-21(5)15-18(2)16-22(30)6)28-27(25)31(35)23-9-7-8-10-24(23)32(28)36;2*1-2/h7-16,33-34H,1-6H3;2*1-2H3. The summed E-state index contributed by atoms with van der Waals surface area (Å²) in [5.74, 6) is -0.294. The second-order valence-corrected chi connectivity index (χ2v) is 9.91. The Bertz CT molecular complexity index is 1420. The monoisotopic (exact) mass is 534 g/mol. The zero-order chi connectivity index (χ0) is 29.7. The lowest BCUT2D eigenvalue weighted by atomic mass is 9.82. The van der Waals surface area contributed by atoms with Crippen LogP contribution in [0.2, 0.25) is 0 Å². The molecule has 0 aromatic heterocycles. The van der Waals surface area contributed by atoms with Crippen LogP contribution in [0.25, 0.3) is 0 Å². The van der Waals surface area contributed by atoms with E-state index >= 15 is 0 Å². The van der Waals surface area contributed by atoms with Crippen LogP contribution in [0.5, 0.6) is 0 Å². The number of aryl methyl sites for hydroxylation is 6. The van der Waals surface area contributed by atoms with E-state index in [-0.39, 0.29) is 11.6 Å². The van der Waals surface area contributed by atoms with Gasteiger partial charge in [-0.15, -0.1) is 0 Å². The van der Waals surface area contributed by atoms with Gasteiger partial charge in [-0.05, 0) is 75.9 Å². The van der Waals surface area contributed by atoms with Crippen LogP contribution in [0.15, 0.2) is 60.7 Å². The van der Waals surface area contributed by atoms with Crippen LogP contribution in [0, 0.1) is 41.5 Å². The smallest absolute Gasteiger partial charge is 0.196 e. The van der Waals surface area contributed by atoms with Crippen LogP contribution in [0.1, 0.15) is 92.9 Å². The Balaban J connectivity index is 0.00000106. The van der Waals surface area contributed by atoms with Crippen molar-refractivity contribution in [1.29, 1.82) is 0 Å². The maximum atomic E-state index is 13.9. The van der Waals surface area contributed by atoms with Gasteiger partial charge in [0, 0.05) is 22.5 Å². The predicted molar refractivity (Wildman–Crippen MR) is 170 cm³/mol. The average Bonchev–Trinajstić information content (AvgIpc) is 2.93. The van der Waals surface area contributed by atoms with Crippen LogP contribution in [0.4, 0.5) is 22.7 Å². The van der Waals surface area contributed by atoms with Gasteiger partial charge >= 0.3 is 0 Å². The molecule has 0 heterocycles. The van der Waals surface area contributed by atoms with E-state index < -0.39 is 0 Å². The molecule has 5 rings (SSSR count). The van der Waals surface area contributed by atoms with Crippen molar-refractivity contribution in [3.05, 3.63) is 116 Å². The number of nitrogens with one attached hydrogen (secondary N) is 2. The summed E-state index contributed by atoms with van der Waals surface area (Å²) in [7, 11) is 0. The van der Waals surface area contributed by atoms with E-state index in [4.69, 9.17) is 0 Å². The van der Waals surface area contributed by atoms with Crippen molar-refractivity contribution in [2.75, 3.05) is 10.6 Å². The molecule has 0 fully saturated rings. The molecule has 4 nitrogen and oxygen atoms in total. The Morgan fingerprint density at radius 3 is 1.07 bits per heavy atom. The summed E-state index contributed by atoms with van der Waals surface area (Å²) in [5, 5.41) is 7.00. The molecule has 0 radical (unpaired) electrons. The summed E-state index contributed by atoms with van der Waals surface area (Å²) in [6.07, 6.45) is 0. The molecule has 0 saturated carbocycles. The molecule has 2 N–H and O–H groups in total. The first-order chi connectivity index (χ1) is 19.2. The van der Waals surface area contributed by atoms with E-state index in [0.717, 1.165) is 33.6 Å². The molecule has 1 aliphatic rings. The largest absolute Gasteiger partial charge is 0.354 e. The maximum Gasteiger partial charge on any atom is 0.196 e. The summed E-state index contributed by atoms with van der Waals surface area (Å²) >= 11 is 0. The van der Waals surface area contributed by atoms with Crippen molar-refractivity contribution >= 4 is 34.3 Å². The molecule has 4 aromatic rings. The SMILES string of the molecule is CC.CC.Cc1cc(C)c(Nc2ccc(Nc3c(C)cc(C)cc3C)c3c2C(=O)c2ccccc2C3=O)c(C)c1. The summed E-state index contributed by atoms with van der Waals surface area (Å²) in [4.78, 5) is 27.7. The Kier molecular flexibility index (Phi) is 9.70. The minimum absolute atomic E-state index is 0.147. The molecular weight excluding hydrogens is 492 g/mol. The lowest BCUT2D eigenvalue weighted by Crippen LogP contribution is -2.23. The second-order valence-electron chi connectivity index (χ2n) is 9.91. The highest BCUT2D eigenvalue weighted by Gasteiger charge is 2.34. The van der Waals surface area contributed by atoms with Crippen molar-refractivity contribution in [2.24, 2.45) is 0 Å². The third kappa shape index (κ3) is 5.72. The van der Waals surface area contributed by atoms with Crippen LogP contribution in [0.3, 0.4) is 0 Å². The number of ketones is 2. The first-order valence-corrected chi connectivity index (χ1v) is 14.2.